The van der Waals surface area contributed by atoms with Gasteiger partial charge < -0.3 is 14.6 Å². The fourth-order valence-electron chi connectivity index (χ4n) is 1.48. The van der Waals surface area contributed by atoms with E-state index in [9.17, 15) is 4.79 Å². The van der Waals surface area contributed by atoms with Gasteiger partial charge in [0.2, 0.25) is 5.76 Å². The third-order valence-electron chi connectivity index (χ3n) is 2.54. The fourth-order valence-corrected chi connectivity index (χ4v) is 1.48. The molecular weight excluding hydrogens is 232 g/mol. The second kappa shape index (κ2) is 5.35. The maximum Gasteiger partial charge on any atom is 0.294 e. The van der Waals surface area contributed by atoms with Gasteiger partial charge in [-0.25, -0.2) is 0 Å². The predicted octanol–water partition coefficient (Wildman–Crippen LogP) is 2.50. The van der Waals surface area contributed by atoms with Crippen molar-refractivity contribution < 1.29 is 14.1 Å². The Hall–Kier alpha value is -2.30. The summed E-state index contributed by atoms with van der Waals surface area (Å²) >= 11 is 0. The van der Waals surface area contributed by atoms with E-state index in [-0.39, 0.29) is 17.5 Å². The van der Waals surface area contributed by atoms with Gasteiger partial charge in [-0.2, -0.15) is 0 Å². The molecule has 0 atom stereocenters. The average Bonchev–Trinajstić information content (AvgIpc) is 2.88. The Morgan fingerprint density at radius 3 is 2.67 bits per heavy atom. The van der Waals surface area contributed by atoms with E-state index in [2.05, 4.69) is 17.4 Å². The van der Waals surface area contributed by atoms with Crippen LogP contribution >= 0.6 is 0 Å². The van der Waals surface area contributed by atoms with Crippen LogP contribution in [0.25, 0.3) is 0 Å². The molecule has 2 rings (SSSR count). The van der Waals surface area contributed by atoms with Gasteiger partial charge in [-0.3, -0.25) is 4.79 Å². The molecule has 0 aliphatic rings. The van der Waals surface area contributed by atoms with E-state index in [0.717, 1.165) is 6.42 Å². The monoisotopic (exact) mass is 246 g/mol. The molecule has 0 aliphatic carbocycles. The summed E-state index contributed by atoms with van der Waals surface area (Å²) in [5.41, 5.74) is 1.93. The van der Waals surface area contributed by atoms with Crippen LogP contribution in [0.15, 0.2) is 34.9 Å². The number of anilines is 1. The van der Waals surface area contributed by atoms with Crippen molar-refractivity contribution in [1.29, 1.82) is 0 Å². The maximum atomic E-state index is 11.8. The van der Waals surface area contributed by atoms with E-state index in [1.165, 1.54) is 18.7 Å². The number of aromatic nitrogens is 1. The summed E-state index contributed by atoms with van der Waals surface area (Å²) in [7, 11) is 1.46. The molecule has 1 heterocycles. The minimum absolute atomic E-state index is 0.117. The van der Waals surface area contributed by atoms with Crippen molar-refractivity contribution >= 4 is 11.6 Å². The van der Waals surface area contributed by atoms with Crippen LogP contribution in [-0.4, -0.2) is 18.2 Å². The minimum Gasteiger partial charge on any atom is -0.479 e. The van der Waals surface area contributed by atoms with Gasteiger partial charge in [-0.1, -0.05) is 19.1 Å². The highest BCUT2D eigenvalue weighted by Crippen LogP contribution is 2.14. The van der Waals surface area contributed by atoms with Crippen molar-refractivity contribution in [2.24, 2.45) is 0 Å². The van der Waals surface area contributed by atoms with Crippen LogP contribution in [0.4, 0.5) is 5.69 Å². The number of carbonyl (C=O) groups is 1. The quantitative estimate of drug-likeness (QED) is 0.900. The first-order valence-electron chi connectivity index (χ1n) is 5.64. The van der Waals surface area contributed by atoms with E-state index in [4.69, 9.17) is 9.26 Å². The summed E-state index contributed by atoms with van der Waals surface area (Å²) in [6.07, 6.45) is 0.966. The van der Waals surface area contributed by atoms with Crippen LogP contribution in [0.1, 0.15) is 23.0 Å². The molecule has 0 unspecified atom stereocenters. The first-order valence-corrected chi connectivity index (χ1v) is 5.64. The zero-order chi connectivity index (χ0) is 13.0. The van der Waals surface area contributed by atoms with Gasteiger partial charge in [0.25, 0.3) is 11.8 Å². The molecule has 2 aromatic rings. The summed E-state index contributed by atoms with van der Waals surface area (Å²) in [4.78, 5) is 11.8. The van der Waals surface area contributed by atoms with E-state index in [0.29, 0.717) is 5.69 Å². The van der Waals surface area contributed by atoms with Crippen LogP contribution in [0.5, 0.6) is 5.88 Å². The summed E-state index contributed by atoms with van der Waals surface area (Å²) in [5, 5.41) is 6.29. The maximum absolute atomic E-state index is 11.8. The molecule has 0 saturated heterocycles. The van der Waals surface area contributed by atoms with E-state index in [1.54, 1.807) is 0 Å². The first-order chi connectivity index (χ1) is 8.72. The van der Waals surface area contributed by atoms with E-state index >= 15 is 0 Å². The number of aryl methyl sites for hydroxylation is 1. The molecular formula is C13H14N2O3. The fraction of sp³-hybridized carbons (Fsp3) is 0.231. The Balaban J connectivity index is 2.06. The number of ether oxygens (including phenoxy) is 1. The summed E-state index contributed by atoms with van der Waals surface area (Å²) < 4.78 is 9.69. The van der Waals surface area contributed by atoms with Gasteiger partial charge in [-0.15, -0.1) is 0 Å². The SMILES string of the molecule is CCc1ccc(NC(=O)c2cc(OC)no2)cc1. The van der Waals surface area contributed by atoms with Gasteiger partial charge in [0.05, 0.1) is 13.2 Å². The van der Waals surface area contributed by atoms with Gasteiger partial charge in [-0.05, 0) is 29.3 Å². The number of nitrogens with one attached hydrogen (secondary N) is 1. The Morgan fingerprint density at radius 1 is 1.39 bits per heavy atom. The van der Waals surface area contributed by atoms with Gasteiger partial charge in [0.1, 0.15) is 0 Å². The number of nitrogens with zero attached hydrogens (tertiary/aromatic N) is 1. The van der Waals surface area contributed by atoms with Crippen molar-refractivity contribution in [3.8, 4) is 5.88 Å². The predicted molar refractivity (Wildman–Crippen MR) is 66.8 cm³/mol. The van der Waals surface area contributed by atoms with Crippen molar-refractivity contribution in [1.82, 2.24) is 5.16 Å². The smallest absolute Gasteiger partial charge is 0.294 e. The Morgan fingerprint density at radius 2 is 2.11 bits per heavy atom. The number of carbonyl (C=O) groups excluding carboxylic acids is 1. The number of hydrogen-bond donors (Lipinski definition) is 1. The van der Waals surface area contributed by atoms with E-state index < -0.39 is 0 Å². The highest BCUT2D eigenvalue weighted by atomic mass is 16.5. The first kappa shape index (κ1) is 12.2. The highest BCUT2D eigenvalue weighted by molar-refractivity contribution is 6.02. The standard InChI is InChI=1S/C13H14N2O3/c1-3-9-4-6-10(7-5-9)14-13(16)11-8-12(17-2)15-18-11/h4-8H,3H2,1-2H3,(H,14,16). The molecule has 0 spiro atoms. The van der Waals surface area contributed by atoms with Crippen molar-refractivity contribution in [2.45, 2.75) is 13.3 Å². The topological polar surface area (TPSA) is 64.4 Å². The molecule has 0 radical (unpaired) electrons. The third-order valence-corrected chi connectivity index (χ3v) is 2.54. The second-order valence-electron chi connectivity index (χ2n) is 3.74. The van der Waals surface area contributed by atoms with Crippen molar-refractivity contribution in [2.75, 3.05) is 12.4 Å². The lowest BCUT2D eigenvalue weighted by Gasteiger charge is -2.03. The lowest BCUT2D eigenvalue weighted by Crippen LogP contribution is -2.10. The third kappa shape index (κ3) is 2.68. The summed E-state index contributed by atoms with van der Waals surface area (Å²) in [6.45, 7) is 2.08. The Kier molecular flexibility index (Phi) is 3.62. The van der Waals surface area contributed by atoms with Gasteiger partial charge in [0, 0.05) is 5.69 Å². The lowest BCUT2D eigenvalue weighted by atomic mass is 10.1. The van der Waals surface area contributed by atoms with Gasteiger partial charge in [0.15, 0.2) is 0 Å². The molecule has 1 aromatic heterocycles. The molecule has 1 N–H and O–H groups in total. The molecule has 0 saturated carbocycles. The molecule has 1 amide bonds. The molecule has 1 aromatic carbocycles. The number of methoxy groups -OCH3 is 1. The van der Waals surface area contributed by atoms with Crippen LogP contribution in [0, 0.1) is 0 Å². The Labute approximate surface area is 105 Å². The minimum atomic E-state index is -0.352. The molecule has 5 nitrogen and oxygen atoms in total. The molecule has 0 bridgehead atoms. The largest absolute Gasteiger partial charge is 0.479 e. The zero-order valence-electron chi connectivity index (χ0n) is 10.3. The number of rotatable bonds is 4. The summed E-state index contributed by atoms with van der Waals surface area (Å²) in [5.74, 6) is 0.0444. The van der Waals surface area contributed by atoms with Crippen LogP contribution < -0.4 is 10.1 Å². The summed E-state index contributed by atoms with van der Waals surface area (Å²) in [6, 6.07) is 9.08. The lowest BCUT2D eigenvalue weighted by molar-refractivity contribution is 0.0987. The van der Waals surface area contributed by atoms with Gasteiger partial charge >= 0.3 is 0 Å². The molecule has 5 heteroatoms. The number of benzene rings is 1. The van der Waals surface area contributed by atoms with Crippen molar-refractivity contribution in [3.05, 3.63) is 41.7 Å². The van der Waals surface area contributed by atoms with E-state index in [1.807, 2.05) is 24.3 Å². The average molecular weight is 246 g/mol. The second-order valence-corrected chi connectivity index (χ2v) is 3.74. The zero-order valence-corrected chi connectivity index (χ0v) is 10.3. The molecule has 18 heavy (non-hydrogen) atoms. The number of hydrogen-bond acceptors (Lipinski definition) is 4. The molecule has 94 valence electrons. The van der Waals surface area contributed by atoms with Crippen molar-refractivity contribution in [3.63, 3.8) is 0 Å². The normalized spacial score (nSPS) is 10.1. The van der Waals surface area contributed by atoms with Crippen LogP contribution in [-0.2, 0) is 6.42 Å². The Bertz CT molecular complexity index is 531. The molecule has 0 aliphatic heterocycles. The van der Waals surface area contributed by atoms with Crippen LogP contribution in [0.3, 0.4) is 0 Å². The molecule has 0 fully saturated rings. The van der Waals surface area contributed by atoms with Crippen LogP contribution in [0.2, 0.25) is 0 Å². The highest BCUT2D eigenvalue weighted by Gasteiger charge is 2.13. The number of amides is 1.